The van der Waals surface area contributed by atoms with E-state index < -0.39 is 17.7 Å². The van der Waals surface area contributed by atoms with Crippen LogP contribution in [0, 0.1) is 6.92 Å². The van der Waals surface area contributed by atoms with Crippen LogP contribution in [0.4, 0.5) is 4.79 Å². The standard InChI is InChI=1S/C17H25NO3/c1-6-10-18(16(20)21-17(3,4)5)15(12-19)14-9-7-8-13(2)11-14/h7-9,11-12,15H,6,10H2,1-5H3. The zero-order chi connectivity index (χ0) is 16.0. The topological polar surface area (TPSA) is 46.6 Å². The van der Waals surface area contributed by atoms with E-state index in [4.69, 9.17) is 4.74 Å². The predicted molar refractivity (Wildman–Crippen MR) is 83.2 cm³/mol. The van der Waals surface area contributed by atoms with E-state index in [0.29, 0.717) is 6.54 Å². The van der Waals surface area contributed by atoms with Crippen molar-refractivity contribution in [2.75, 3.05) is 6.54 Å². The number of rotatable bonds is 5. The van der Waals surface area contributed by atoms with Gasteiger partial charge in [-0.25, -0.2) is 4.79 Å². The number of nitrogens with zero attached hydrogens (tertiary/aromatic N) is 1. The molecule has 0 aromatic heterocycles. The monoisotopic (exact) mass is 291 g/mol. The van der Waals surface area contributed by atoms with Gasteiger partial charge < -0.3 is 9.53 Å². The van der Waals surface area contributed by atoms with Gasteiger partial charge in [0, 0.05) is 6.54 Å². The van der Waals surface area contributed by atoms with Gasteiger partial charge in [0.05, 0.1) is 0 Å². The molecule has 1 aromatic carbocycles. The van der Waals surface area contributed by atoms with Crippen LogP contribution < -0.4 is 0 Å². The smallest absolute Gasteiger partial charge is 0.411 e. The lowest BCUT2D eigenvalue weighted by molar-refractivity contribution is -0.112. The molecule has 0 N–H and O–H groups in total. The van der Waals surface area contributed by atoms with Gasteiger partial charge >= 0.3 is 6.09 Å². The maximum absolute atomic E-state index is 12.4. The minimum Gasteiger partial charge on any atom is -0.444 e. The molecule has 0 aliphatic heterocycles. The molecule has 0 radical (unpaired) electrons. The fourth-order valence-electron chi connectivity index (χ4n) is 2.09. The van der Waals surface area contributed by atoms with Crippen molar-refractivity contribution in [2.45, 2.75) is 52.7 Å². The summed E-state index contributed by atoms with van der Waals surface area (Å²) < 4.78 is 5.42. The fourth-order valence-corrected chi connectivity index (χ4v) is 2.09. The van der Waals surface area contributed by atoms with Crippen LogP contribution in [-0.4, -0.2) is 29.4 Å². The van der Waals surface area contributed by atoms with Gasteiger partial charge in [-0.2, -0.15) is 0 Å². The number of carbonyl (C=O) groups excluding carboxylic acids is 2. The third-order valence-electron chi connectivity index (χ3n) is 2.94. The first-order valence-corrected chi connectivity index (χ1v) is 7.30. The average Bonchev–Trinajstić information content (AvgIpc) is 2.36. The molecule has 0 fully saturated rings. The molecule has 116 valence electrons. The number of benzene rings is 1. The Morgan fingerprint density at radius 2 is 2.05 bits per heavy atom. The number of amides is 1. The highest BCUT2D eigenvalue weighted by Crippen LogP contribution is 2.22. The summed E-state index contributed by atoms with van der Waals surface area (Å²) in [6, 6.07) is 7.02. The zero-order valence-electron chi connectivity index (χ0n) is 13.6. The molecule has 4 heteroatoms. The molecule has 1 unspecified atom stereocenters. The van der Waals surface area contributed by atoms with Crippen LogP contribution >= 0.6 is 0 Å². The van der Waals surface area contributed by atoms with Crippen LogP contribution in [0.5, 0.6) is 0 Å². The van der Waals surface area contributed by atoms with Gasteiger partial charge in [-0.05, 0) is 39.7 Å². The molecule has 1 rings (SSSR count). The van der Waals surface area contributed by atoms with E-state index in [1.165, 1.54) is 4.90 Å². The lowest BCUT2D eigenvalue weighted by Gasteiger charge is -2.31. The first-order chi connectivity index (χ1) is 9.78. The minimum absolute atomic E-state index is 0.456. The molecule has 21 heavy (non-hydrogen) atoms. The van der Waals surface area contributed by atoms with Gasteiger partial charge in [0.2, 0.25) is 0 Å². The van der Waals surface area contributed by atoms with Crippen molar-refractivity contribution in [1.82, 2.24) is 4.90 Å². The number of aryl methyl sites for hydroxylation is 1. The molecule has 0 heterocycles. The molecule has 0 saturated carbocycles. The Bertz CT molecular complexity index is 491. The highest BCUT2D eigenvalue weighted by molar-refractivity contribution is 5.75. The van der Waals surface area contributed by atoms with Crippen molar-refractivity contribution in [2.24, 2.45) is 0 Å². The molecule has 0 saturated heterocycles. The van der Waals surface area contributed by atoms with Crippen LogP contribution in [-0.2, 0) is 9.53 Å². The number of aldehydes is 1. The van der Waals surface area contributed by atoms with E-state index in [1.807, 2.05) is 58.9 Å². The second kappa shape index (κ2) is 7.25. The lowest BCUT2D eigenvalue weighted by Crippen LogP contribution is -2.40. The number of hydrogen-bond acceptors (Lipinski definition) is 3. The van der Waals surface area contributed by atoms with E-state index in [0.717, 1.165) is 23.8 Å². The SMILES string of the molecule is CCCN(C(=O)OC(C)(C)C)C(C=O)c1cccc(C)c1. The van der Waals surface area contributed by atoms with Crippen LogP contribution in [0.1, 0.15) is 51.3 Å². The predicted octanol–water partition coefficient (Wildman–Crippen LogP) is 3.88. The fraction of sp³-hybridized carbons (Fsp3) is 0.529. The third kappa shape index (κ3) is 5.21. The van der Waals surface area contributed by atoms with Gasteiger partial charge in [0.25, 0.3) is 0 Å². The van der Waals surface area contributed by atoms with Crippen molar-refractivity contribution >= 4 is 12.4 Å². The van der Waals surface area contributed by atoms with Gasteiger partial charge in [-0.15, -0.1) is 0 Å². The van der Waals surface area contributed by atoms with Crippen LogP contribution in [0.25, 0.3) is 0 Å². The normalized spacial score (nSPS) is 12.6. The summed E-state index contributed by atoms with van der Waals surface area (Å²) in [7, 11) is 0. The van der Waals surface area contributed by atoms with E-state index in [1.54, 1.807) is 0 Å². The van der Waals surface area contributed by atoms with Gasteiger partial charge in [0.1, 0.15) is 17.9 Å². The Morgan fingerprint density at radius 3 is 2.52 bits per heavy atom. The van der Waals surface area contributed by atoms with Crippen LogP contribution in [0.2, 0.25) is 0 Å². The second-order valence-electron chi connectivity index (χ2n) is 6.17. The molecular weight excluding hydrogens is 266 g/mol. The molecule has 4 nitrogen and oxygen atoms in total. The average molecular weight is 291 g/mol. The van der Waals surface area contributed by atoms with Gasteiger partial charge in [0.15, 0.2) is 0 Å². The first-order valence-electron chi connectivity index (χ1n) is 7.30. The maximum Gasteiger partial charge on any atom is 0.411 e. The number of carbonyl (C=O) groups is 2. The Morgan fingerprint density at radius 1 is 1.38 bits per heavy atom. The van der Waals surface area contributed by atoms with Crippen molar-refractivity contribution < 1.29 is 14.3 Å². The van der Waals surface area contributed by atoms with Crippen molar-refractivity contribution in [1.29, 1.82) is 0 Å². The van der Waals surface area contributed by atoms with Crippen molar-refractivity contribution in [3.63, 3.8) is 0 Å². The highest BCUT2D eigenvalue weighted by Gasteiger charge is 2.28. The molecule has 0 aliphatic rings. The maximum atomic E-state index is 12.4. The second-order valence-corrected chi connectivity index (χ2v) is 6.17. The van der Waals surface area contributed by atoms with E-state index in [-0.39, 0.29) is 0 Å². The van der Waals surface area contributed by atoms with E-state index in [2.05, 4.69) is 0 Å². The molecular formula is C17H25NO3. The highest BCUT2D eigenvalue weighted by atomic mass is 16.6. The zero-order valence-corrected chi connectivity index (χ0v) is 13.6. The van der Waals surface area contributed by atoms with Gasteiger partial charge in [-0.1, -0.05) is 36.8 Å². The molecule has 0 spiro atoms. The molecule has 1 amide bonds. The molecule has 0 bridgehead atoms. The Hall–Kier alpha value is -1.84. The summed E-state index contributed by atoms with van der Waals surface area (Å²) in [4.78, 5) is 25.4. The lowest BCUT2D eigenvalue weighted by atomic mass is 10.0. The van der Waals surface area contributed by atoms with Crippen molar-refractivity contribution in [3.8, 4) is 0 Å². The van der Waals surface area contributed by atoms with Crippen molar-refractivity contribution in [3.05, 3.63) is 35.4 Å². The Kier molecular flexibility index (Phi) is 5.94. The summed E-state index contributed by atoms with van der Waals surface area (Å²) in [6.45, 7) is 9.86. The summed E-state index contributed by atoms with van der Waals surface area (Å²) >= 11 is 0. The summed E-state index contributed by atoms with van der Waals surface area (Å²) in [6.07, 6.45) is 1.10. The summed E-state index contributed by atoms with van der Waals surface area (Å²) in [5.41, 5.74) is 1.28. The number of ether oxygens (including phenoxy) is 1. The molecule has 0 aliphatic carbocycles. The first kappa shape index (κ1) is 17.2. The molecule has 1 atom stereocenters. The third-order valence-corrected chi connectivity index (χ3v) is 2.94. The summed E-state index contributed by atoms with van der Waals surface area (Å²) in [5, 5.41) is 0. The Balaban J connectivity index is 3.06. The molecule has 1 aromatic rings. The minimum atomic E-state index is -0.611. The Labute approximate surface area is 127 Å². The van der Waals surface area contributed by atoms with Crippen LogP contribution in [0.3, 0.4) is 0 Å². The van der Waals surface area contributed by atoms with E-state index in [9.17, 15) is 9.59 Å². The largest absolute Gasteiger partial charge is 0.444 e. The number of hydrogen-bond donors (Lipinski definition) is 0. The van der Waals surface area contributed by atoms with E-state index >= 15 is 0 Å². The quantitative estimate of drug-likeness (QED) is 0.773. The van der Waals surface area contributed by atoms with Crippen LogP contribution in [0.15, 0.2) is 24.3 Å². The van der Waals surface area contributed by atoms with Gasteiger partial charge in [-0.3, -0.25) is 4.90 Å². The summed E-state index contributed by atoms with van der Waals surface area (Å²) in [5.74, 6) is 0.